The van der Waals surface area contributed by atoms with Crippen molar-refractivity contribution < 1.29 is 18.3 Å². The molecule has 0 aliphatic carbocycles. The van der Waals surface area contributed by atoms with Gasteiger partial charge in [-0.3, -0.25) is 15.1 Å². The van der Waals surface area contributed by atoms with Gasteiger partial charge in [-0.05, 0) is 24.6 Å². The van der Waals surface area contributed by atoms with Gasteiger partial charge in [-0.1, -0.05) is 17.7 Å². The van der Waals surface area contributed by atoms with Crippen molar-refractivity contribution in [3.8, 4) is 0 Å². The van der Waals surface area contributed by atoms with Crippen LogP contribution in [0.5, 0.6) is 0 Å². The number of rotatable bonds is 6. The summed E-state index contributed by atoms with van der Waals surface area (Å²) < 4.78 is 38.5. The highest BCUT2D eigenvalue weighted by molar-refractivity contribution is 6.31. The van der Waals surface area contributed by atoms with E-state index in [-0.39, 0.29) is 17.1 Å². The molecule has 0 aliphatic rings. The Morgan fingerprint density at radius 3 is 2.48 bits per heavy atom. The fourth-order valence-corrected chi connectivity index (χ4v) is 2.85. The highest BCUT2D eigenvalue weighted by Gasteiger charge is 2.33. The van der Waals surface area contributed by atoms with Gasteiger partial charge in [0.1, 0.15) is 0 Å². The topological polar surface area (TPSA) is 81.2 Å². The first-order valence-electron chi connectivity index (χ1n) is 7.97. The summed E-state index contributed by atoms with van der Waals surface area (Å²) in [5.74, 6) is 0.359. The van der Waals surface area contributed by atoms with Crippen LogP contribution < -0.4 is 15.8 Å². The molecule has 2 aromatic rings. The second kappa shape index (κ2) is 7.87. The molecule has 0 saturated carbocycles. The molecule has 0 radical (unpaired) electrons. The normalized spacial score (nSPS) is 14.1. The lowest BCUT2D eigenvalue weighted by atomic mass is 9.91. The van der Waals surface area contributed by atoms with Crippen molar-refractivity contribution in [3.63, 3.8) is 0 Å². The van der Waals surface area contributed by atoms with Gasteiger partial charge in [0.15, 0.2) is 0 Å². The van der Waals surface area contributed by atoms with Crippen molar-refractivity contribution in [1.82, 2.24) is 15.3 Å². The lowest BCUT2D eigenvalue weighted by Gasteiger charge is -2.30. The second-order valence-electron chi connectivity index (χ2n) is 6.49. The lowest BCUT2D eigenvalue weighted by molar-refractivity contribution is -0.137. The van der Waals surface area contributed by atoms with Gasteiger partial charge in [-0.15, -0.1) is 0 Å². The van der Waals surface area contributed by atoms with E-state index in [0.717, 1.165) is 12.1 Å². The van der Waals surface area contributed by atoms with Gasteiger partial charge in [0.05, 0.1) is 23.4 Å². The molecule has 1 atom stereocenters. The van der Waals surface area contributed by atoms with Crippen molar-refractivity contribution >= 4 is 17.5 Å². The van der Waals surface area contributed by atoms with Crippen LogP contribution in [-0.2, 0) is 18.3 Å². The second-order valence-corrected chi connectivity index (χ2v) is 6.90. The number of halogens is 4. The number of hydrogen-bond acceptors (Lipinski definition) is 5. The number of nitrogens with one attached hydrogen (secondary N) is 2. The molecule has 10 heteroatoms. The van der Waals surface area contributed by atoms with Crippen molar-refractivity contribution in [2.75, 3.05) is 25.6 Å². The van der Waals surface area contributed by atoms with E-state index >= 15 is 0 Å². The van der Waals surface area contributed by atoms with Crippen molar-refractivity contribution in [2.45, 2.75) is 25.2 Å². The molecule has 1 heterocycles. The van der Waals surface area contributed by atoms with Crippen LogP contribution in [0.25, 0.3) is 0 Å². The Kier molecular flexibility index (Phi) is 6.18. The summed E-state index contributed by atoms with van der Waals surface area (Å²) in [6.45, 7) is 1.27. The Bertz CT molecular complexity index is 870. The molecule has 1 aromatic heterocycles. The monoisotopic (exact) mass is 404 g/mol. The van der Waals surface area contributed by atoms with Gasteiger partial charge in [0, 0.05) is 31.7 Å². The quantitative estimate of drug-likeness (QED) is 0.689. The predicted octanol–water partition coefficient (Wildman–Crippen LogP) is 2.51. The lowest BCUT2D eigenvalue weighted by Crippen LogP contribution is -2.43. The molecule has 0 spiro atoms. The van der Waals surface area contributed by atoms with Crippen molar-refractivity contribution in [3.05, 3.63) is 56.5 Å². The fraction of sp³-hybridized carbons (Fsp3) is 0.412. The Labute approximate surface area is 159 Å². The Balaban J connectivity index is 2.29. The molecule has 0 aliphatic heterocycles. The highest BCUT2D eigenvalue weighted by atomic mass is 35.5. The molecular formula is C17H20ClF3N4O2. The minimum atomic E-state index is -4.51. The largest absolute Gasteiger partial charge is 0.416 e. The SMILES string of the molecule is CN(C)c1nc(CN[C@@](C)(CO)c2ccc(C(F)(F)F)cc2Cl)cc(=O)[nH]1. The molecule has 1 aromatic carbocycles. The zero-order chi connectivity index (χ0) is 20.4. The first-order valence-corrected chi connectivity index (χ1v) is 8.35. The Morgan fingerprint density at radius 2 is 1.96 bits per heavy atom. The van der Waals surface area contributed by atoms with Gasteiger partial charge in [0.25, 0.3) is 5.56 Å². The molecule has 6 nitrogen and oxygen atoms in total. The number of hydrogen-bond donors (Lipinski definition) is 3. The highest BCUT2D eigenvalue weighted by Crippen LogP contribution is 2.35. The van der Waals surface area contributed by atoms with Crippen LogP contribution in [0, 0.1) is 0 Å². The molecule has 3 N–H and O–H groups in total. The zero-order valence-electron chi connectivity index (χ0n) is 15.0. The summed E-state index contributed by atoms with van der Waals surface area (Å²) in [5.41, 5.74) is -1.64. The van der Waals surface area contributed by atoms with E-state index in [2.05, 4.69) is 15.3 Å². The van der Waals surface area contributed by atoms with Crippen LogP contribution in [0.1, 0.15) is 23.7 Å². The molecule has 0 unspecified atom stereocenters. The number of benzene rings is 1. The minimum Gasteiger partial charge on any atom is -0.394 e. The van der Waals surface area contributed by atoms with Crippen molar-refractivity contribution in [1.29, 1.82) is 0 Å². The van der Waals surface area contributed by atoms with E-state index in [1.807, 2.05) is 0 Å². The Morgan fingerprint density at radius 1 is 1.30 bits per heavy atom. The zero-order valence-corrected chi connectivity index (χ0v) is 15.7. The van der Waals surface area contributed by atoms with Crippen LogP contribution in [0.3, 0.4) is 0 Å². The third-order valence-electron chi connectivity index (χ3n) is 4.07. The summed E-state index contributed by atoms with van der Waals surface area (Å²) in [6.07, 6.45) is -4.51. The molecule has 0 fully saturated rings. The molecule has 0 saturated heterocycles. The van der Waals surface area contributed by atoms with Crippen LogP contribution in [0.2, 0.25) is 5.02 Å². The summed E-state index contributed by atoms with van der Waals surface area (Å²) in [5, 5.41) is 12.7. The molecule has 0 bridgehead atoms. The minimum absolute atomic E-state index is 0.0964. The van der Waals surface area contributed by atoms with Crippen molar-refractivity contribution in [2.24, 2.45) is 0 Å². The maximum atomic E-state index is 12.8. The van der Waals surface area contributed by atoms with Crippen LogP contribution in [-0.4, -0.2) is 35.8 Å². The number of nitrogens with zero attached hydrogens (tertiary/aromatic N) is 2. The smallest absolute Gasteiger partial charge is 0.394 e. The molecule has 0 amide bonds. The summed E-state index contributed by atoms with van der Waals surface area (Å²) in [6, 6.07) is 4.26. The van der Waals surface area contributed by atoms with Gasteiger partial charge in [0.2, 0.25) is 5.95 Å². The van der Waals surface area contributed by atoms with Crippen LogP contribution in [0.15, 0.2) is 29.1 Å². The summed E-state index contributed by atoms with van der Waals surface area (Å²) in [4.78, 5) is 20.2. The first kappa shape index (κ1) is 21.2. The number of alkyl halides is 3. The number of H-pyrrole nitrogens is 1. The Hall–Kier alpha value is -2.10. The van der Waals surface area contributed by atoms with Gasteiger partial charge in [-0.2, -0.15) is 13.2 Å². The average Bonchev–Trinajstić information content (AvgIpc) is 2.58. The number of aromatic amines is 1. The number of aromatic nitrogens is 2. The number of aliphatic hydroxyl groups is 1. The van der Waals surface area contributed by atoms with E-state index in [1.54, 1.807) is 25.9 Å². The number of aliphatic hydroxyl groups excluding tert-OH is 1. The average molecular weight is 405 g/mol. The standard InChI is InChI=1S/C17H20ClF3N4O2/c1-16(9-26,12-5-4-10(6-13(12)18)17(19,20)21)22-8-11-7-14(27)24-15(23-11)25(2)3/h4-7,22,26H,8-9H2,1-3H3,(H,23,24,27)/t16-/m0/s1. The molecule has 27 heavy (non-hydrogen) atoms. The third-order valence-corrected chi connectivity index (χ3v) is 4.39. The third kappa shape index (κ3) is 5.00. The van der Waals surface area contributed by atoms with Crippen LogP contribution >= 0.6 is 11.6 Å². The van der Waals surface area contributed by atoms with Crippen LogP contribution in [0.4, 0.5) is 19.1 Å². The maximum Gasteiger partial charge on any atom is 0.416 e. The fourth-order valence-electron chi connectivity index (χ4n) is 2.46. The summed E-state index contributed by atoms with van der Waals surface area (Å²) >= 11 is 6.04. The first-order chi connectivity index (χ1) is 12.5. The molecular weight excluding hydrogens is 385 g/mol. The van der Waals surface area contributed by atoms with Gasteiger partial charge in [-0.25, -0.2) is 4.98 Å². The number of anilines is 1. The maximum absolute atomic E-state index is 12.8. The molecule has 2 rings (SSSR count). The van der Waals surface area contributed by atoms with E-state index in [9.17, 15) is 23.1 Å². The summed E-state index contributed by atoms with van der Waals surface area (Å²) in [7, 11) is 3.44. The van der Waals surface area contributed by atoms with E-state index < -0.39 is 23.9 Å². The van der Waals surface area contributed by atoms with Gasteiger partial charge >= 0.3 is 6.18 Å². The van der Waals surface area contributed by atoms with Gasteiger partial charge < -0.3 is 10.0 Å². The van der Waals surface area contributed by atoms with E-state index in [0.29, 0.717) is 17.2 Å². The van der Waals surface area contributed by atoms with E-state index in [4.69, 9.17) is 11.6 Å². The molecule has 148 valence electrons. The van der Waals surface area contributed by atoms with E-state index in [1.165, 1.54) is 12.1 Å². The predicted molar refractivity (Wildman–Crippen MR) is 96.9 cm³/mol.